The number of hydrogen-bond donors (Lipinski definition) is 1. The molecule has 102 valence electrons. The summed E-state index contributed by atoms with van der Waals surface area (Å²) in [7, 11) is 0. The van der Waals surface area contributed by atoms with E-state index in [1.165, 1.54) is 0 Å². The van der Waals surface area contributed by atoms with Crippen molar-refractivity contribution in [2.75, 3.05) is 13.2 Å². The Balaban J connectivity index is 2.34. The molecule has 1 saturated heterocycles. The van der Waals surface area contributed by atoms with Crippen molar-refractivity contribution in [2.45, 2.75) is 26.4 Å². The zero-order valence-electron chi connectivity index (χ0n) is 11.4. The van der Waals surface area contributed by atoms with Crippen molar-refractivity contribution < 1.29 is 19.4 Å². The number of aliphatic hydroxyl groups excluding tert-OH is 1. The van der Waals surface area contributed by atoms with Crippen molar-refractivity contribution in [1.82, 2.24) is 0 Å². The van der Waals surface area contributed by atoms with Crippen LogP contribution in [0.1, 0.15) is 25.0 Å². The van der Waals surface area contributed by atoms with Gasteiger partial charge in [0.25, 0.3) is 0 Å². The summed E-state index contributed by atoms with van der Waals surface area (Å²) in [5.74, 6) is 0.0702. The second kappa shape index (κ2) is 5.15. The third kappa shape index (κ3) is 2.69. The fraction of sp³-hybridized carbons (Fsp3) is 0.400. The first-order valence-electron chi connectivity index (χ1n) is 6.23. The molecule has 4 nitrogen and oxygen atoms in total. The van der Waals surface area contributed by atoms with Crippen molar-refractivity contribution in [3.63, 3.8) is 0 Å². The highest BCUT2D eigenvalue weighted by molar-refractivity contribution is 5.89. The number of ether oxygens (including phenoxy) is 2. The van der Waals surface area contributed by atoms with Gasteiger partial charge in [-0.3, -0.25) is 0 Å². The number of aryl methyl sites for hydroxylation is 1. The highest BCUT2D eigenvalue weighted by atomic mass is 16.6. The van der Waals surface area contributed by atoms with Gasteiger partial charge in [-0.2, -0.15) is 0 Å². The number of epoxide rings is 1. The van der Waals surface area contributed by atoms with Gasteiger partial charge in [-0.25, -0.2) is 4.79 Å². The minimum Gasteiger partial charge on any atom is -0.423 e. The van der Waals surface area contributed by atoms with Crippen molar-refractivity contribution in [1.29, 1.82) is 0 Å². The molecular formula is C15H18O4. The second-order valence-corrected chi connectivity index (χ2v) is 4.80. The number of benzene rings is 1. The largest absolute Gasteiger partial charge is 0.423 e. The maximum absolute atomic E-state index is 11.8. The SMILES string of the molecule is C/C=C(\C)C(=O)Oc1cc(C)ccc1[C@]1(CO)CO1. The second-order valence-electron chi connectivity index (χ2n) is 4.80. The van der Waals surface area contributed by atoms with Crippen LogP contribution in [0.2, 0.25) is 0 Å². The first-order valence-corrected chi connectivity index (χ1v) is 6.23. The van der Waals surface area contributed by atoms with Crippen LogP contribution in [0.3, 0.4) is 0 Å². The van der Waals surface area contributed by atoms with Gasteiger partial charge in [-0.15, -0.1) is 0 Å². The molecule has 1 aliphatic rings. The van der Waals surface area contributed by atoms with E-state index in [1.807, 2.05) is 19.1 Å². The number of hydrogen-bond acceptors (Lipinski definition) is 4. The first-order chi connectivity index (χ1) is 9.02. The summed E-state index contributed by atoms with van der Waals surface area (Å²) in [6.07, 6.45) is 1.70. The van der Waals surface area contributed by atoms with Gasteiger partial charge in [-0.05, 0) is 32.4 Å². The zero-order chi connectivity index (χ0) is 14.0. The molecule has 1 fully saturated rings. The average molecular weight is 262 g/mol. The topological polar surface area (TPSA) is 59.1 Å². The van der Waals surface area contributed by atoms with E-state index in [9.17, 15) is 9.90 Å². The maximum Gasteiger partial charge on any atom is 0.338 e. The van der Waals surface area contributed by atoms with Gasteiger partial charge in [-0.1, -0.05) is 18.2 Å². The molecule has 0 bridgehead atoms. The summed E-state index contributed by atoms with van der Waals surface area (Å²) in [6.45, 7) is 5.73. The van der Waals surface area contributed by atoms with Gasteiger partial charge in [0.1, 0.15) is 11.4 Å². The van der Waals surface area contributed by atoms with Crippen LogP contribution in [-0.4, -0.2) is 24.3 Å². The minimum atomic E-state index is -0.701. The predicted octanol–water partition coefficient (Wildman–Crippen LogP) is 2.08. The molecule has 0 unspecified atom stereocenters. The summed E-state index contributed by atoms with van der Waals surface area (Å²) in [5.41, 5.74) is 1.55. The van der Waals surface area contributed by atoms with E-state index in [2.05, 4.69) is 0 Å². The highest BCUT2D eigenvalue weighted by Crippen LogP contribution is 2.43. The van der Waals surface area contributed by atoms with Crippen LogP contribution in [0, 0.1) is 6.92 Å². The lowest BCUT2D eigenvalue weighted by atomic mass is 9.98. The molecule has 1 N–H and O–H groups in total. The molecule has 2 rings (SSSR count). The number of carbonyl (C=O) groups excluding carboxylic acids is 1. The molecule has 0 aliphatic carbocycles. The molecule has 0 saturated carbocycles. The molecule has 1 heterocycles. The normalized spacial score (nSPS) is 22.2. The van der Waals surface area contributed by atoms with Gasteiger partial charge < -0.3 is 14.6 Å². The van der Waals surface area contributed by atoms with Gasteiger partial charge in [0.15, 0.2) is 0 Å². The average Bonchev–Trinajstić information content (AvgIpc) is 3.18. The van der Waals surface area contributed by atoms with Crippen LogP contribution in [0.25, 0.3) is 0 Å². The smallest absolute Gasteiger partial charge is 0.338 e. The monoisotopic (exact) mass is 262 g/mol. The van der Waals surface area contributed by atoms with Crippen molar-refractivity contribution >= 4 is 5.97 Å². The summed E-state index contributed by atoms with van der Waals surface area (Å²) < 4.78 is 10.7. The van der Waals surface area contributed by atoms with Gasteiger partial charge in [0.05, 0.1) is 13.2 Å². The third-order valence-electron chi connectivity index (χ3n) is 3.33. The van der Waals surface area contributed by atoms with E-state index in [4.69, 9.17) is 9.47 Å². The molecule has 0 spiro atoms. The molecular weight excluding hydrogens is 244 g/mol. The quantitative estimate of drug-likeness (QED) is 0.390. The minimum absolute atomic E-state index is 0.122. The molecule has 1 atom stereocenters. The van der Waals surface area contributed by atoms with E-state index in [-0.39, 0.29) is 12.6 Å². The fourth-order valence-electron chi connectivity index (χ4n) is 1.81. The molecule has 19 heavy (non-hydrogen) atoms. The van der Waals surface area contributed by atoms with Crippen LogP contribution in [0.15, 0.2) is 29.8 Å². The molecule has 0 aromatic heterocycles. The third-order valence-corrected chi connectivity index (χ3v) is 3.33. The number of esters is 1. The lowest BCUT2D eigenvalue weighted by Crippen LogP contribution is -2.18. The standard InChI is InChI=1S/C15H18O4/c1-4-11(3)14(17)19-13-7-10(2)5-6-12(13)15(8-16)9-18-15/h4-7,16H,8-9H2,1-3H3/b11-4+/t15-/m0/s1. The van der Waals surface area contributed by atoms with E-state index in [0.717, 1.165) is 11.1 Å². The van der Waals surface area contributed by atoms with E-state index >= 15 is 0 Å². The molecule has 0 amide bonds. The van der Waals surface area contributed by atoms with Crippen molar-refractivity contribution in [3.8, 4) is 5.75 Å². The maximum atomic E-state index is 11.8. The number of carbonyl (C=O) groups is 1. The zero-order valence-corrected chi connectivity index (χ0v) is 11.4. The van der Waals surface area contributed by atoms with Crippen LogP contribution in [0.5, 0.6) is 5.75 Å². The molecule has 1 aliphatic heterocycles. The number of rotatable bonds is 4. The van der Waals surface area contributed by atoms with Crippen LogP contribution in [0.4, 0.5) is 0 Å². The van der Waals surface area contributed by atoms with Crippen LogP contribution >= 0.6 is 0 Å². The van der Waals surface area contributed by atoms with Gasteiger partial charge in [0.2, 0.25) is 0 Å². The van der Waals surface area contributed by atoms with Crippen LogP contribution < -0.4 is 4.74 Å². The Morgan fingerprint density at radius 2 is 2.26 bits per heavy atom. The molecule has 4 heteroatoms. The Kier molecular flexibility index (Phi) is 3.73. The van der Waals surface area contributed by atoms with E-state index in [0.29, 0.717) is 17.9 Å². The predicted molar refractivity (Wildman–Crippen MR) is 71.0 cm³/mol. The molecule has 1 aromatic carbocycles. The summed E-state index contributed by atoms with van der Waals surface area (Å²) >= 11 is 0. The highest BCUT2D eigenvalue weighted by Gasteiger charge is 2.48. The lowest BCUT2D eigenvalue weighted by molar-refractivity contribution is -0.130. The van der Waals surface area contributed by atoms with Crippen molar-refractivity contribution in [2.24, 2.45) is 0 Å². The van der Waals surface area contributed by atoms with Crippen LogP contribution in [-0.2, 0) is 15.1 Å². The van der Waals surface area contributed by atoms with Gasteiger partial charge in [0, 0.05) is 11.1 Å². The Labute approximate surface area is 112 Å². The van der Waals surface area contributed by atoms with E-state index in [1.54, 1.807) is 26.0 Å². The number of allylic oxidation sites excluding steroid dienone is 1. The van der Waals surface area contributed by atoms with Gasteiger partial charge >= 0.3 is 5.97 Å². The first kappa shape index (κ1) is 13.8. The summed E-state index contributed by atoms with van der Waals surface area (Å²) in [4.78, 5) is 11.8. The lowest BCUT2D eigenvalue weighted by Gasteiger charge is -2.15. The Bertz CT molecular complexity index is 527. The van der Waals surface area contributed by atoms with Crippen molar-refractivity contribution in [3.05, 3.63) is 41.0 Å². The molecule has 0 radical (unpaired) electrons. The number of aliphatic hydroxyl groups is 1. The Morgan fingerprint density at radius 3 is 2.79 bits per heavy atom. The van der Waals surface area contributed by atoms with E-state index < -0.39 is 5.60 Å². The molecule has 1 aromatic rings. The fourth-order valence-corrected chi connectivity index (χ4v) is 1.81. The Morgan fingerprint density at radius 1 is 1.58 bits per heavy atom. The summed E-state index contributed by atoms with van der Waals surface area (Å²) in [6, 6.07) is 5.54. The Hall–Kier alpha value is -1.65. The summed E-state index contributed by atoms with van der Waals surface area (Å²) in [5, 5.41) is 9.42.